The Morgan fingerprint density at radius 2 is 1.89 bits per heavy atom. The molecule has 0 bridgehead atoms. The number of hydrogen-bond acceptors (Lipinski definition) is 4. The van der Waals surface area contributed by atoms with E-state index >= 15 is 0 Å². The van der Waals surface area contributed by atoms with Crippen LogP contribution < -0.4 is 5.43 Å². The Hall–Kier alpha value is -3.16. The predicted molar refractivity (Wildman–Crippen MR) is 102 cm³/mol. The van der Waals surface area contributed by atoms with Crippen LogP contribution in [-0.4, -0.2) is 44.2 Å². The van der Waals surface area contributed by atoms with E-state index in [-0.39, 0.29) is 18.2 Å². The van der Waals surface area contributed by atoms with Gasteiger partial charge in [0.2, 0.25) is 5.91 Å². The summed E-state index contributed by atoms with van der Waals surface area (Å²) in [6, 6.07) is 6.94. The van der Waals surface area contributed by atoms with Crippen LogP contribution in [0.15, 0.2) is 24.3 Å². The van der Waals surface area contributed by atoms with E-state index in [0.717, 1.165) is 35.5 Å². The lowest BCUT2D eigenvalue weighted by Gasteiger charge is -2.26. The molecule has 3 rings (SSSR count). The minimum atomic E-state index is -0.839. The summed E-state index contributed by atoms with van der Waals surface area (Å²) < 4.78 is 1.75. The fraction of sp³-hybridized carbons (Fsp3) is 0.400. The molecule has 1 aliphatic heterocycles. The molecule has 2 aromatic rings. The van der Waals surface area contributed by atoms with Gasteiger partial charge in [0.05, 0.1) is 11.4 Å². The Bertz CT molecular complexity index is 902. The number of hydrogen-bond donors (Lipinski definition) is 2. The van der Waals surface area contributed by atoms with Gasteiger partial charge in [-0.2, -0.15) is 5.10 Å². The number of aliphatic carboxylic acids is 1. The standard InChI is InChI=1S/C20H24N4O4/c1-13-17(10-11-19(26)27)14(2)24(21-13)16-8-6-15(7-9-16)20(28)22-23-12-4-3-5-18(23)25/h6-9H,3-5,10-12H2,1-2H3,(H,22,28)(H,26,27). The number of nitrogens with zero attached hydrogens (tertiary/aromatic N) is 3. The van der Waals surface area contributed by atoms with Gasteiger partial charge in [-0.05, 0) is 62.9 Å². The lowest BCUT2D eigenvalue weighted by atomic mass is 10.1. The summed E-state index contributed by atoms with van der Waals surface area (Å²) in [5.74, 6) is -1.22. The molecule has 148 valence electrons. The molecule has 0 atom stereocenters. The summed E-state index contributed by atoms with van der Waals surface area (Å²) in [6.07, 6.45) is 2.69. The molecule has 0 unspecified atom stereocenters. The van der Waals surface area contributed by atoms with E-state index in [1.165, 1.54) is 5.01 Å². The van der Waals surface area contributed by atoms with E-state index in [9.17, 15) is 14.4 Å². The molecule has 0 radical (unpaired) electrons. The second kappa shape index (κ2) is 8.24. The molecular formula is C20H24N4O4. The molecule has 1 aromatic carbocycles. The van der Waals surface area contributed by atoms with E-state index < -0.39 is 5.97 Å². The largest absolute Gasteiger partial charge is 0.481 e. The first-order valence-electron chi connectivity index (χ1n) is 9.35. The third-order valence-corrected chi connectivity index (χ3v) is 4.96. The molecule has 2 amide bonds. The van der Waals surface area contributed by atoms with Crippen LogP contribution in [0.4, 0.5) is 0 Å². The number of nitrogens with one attached hydrogen (secondary N) is 1. The Morgan fingerprint density at radius 3 is 2.54 bits per heavy atom. The zero-order chi connectivity index (χ0) is 20.3. The molecule has 1 aliphatic rings. The number of hydrazine groups is 1. The number of aromatic nitrogens is 2. The second-order valence-corrected chi connectivity index (χ2v) is 6.95. The fourth-order valence-electron chi connectivity index (χ4n) is 3.39. The molecule has 2 N–H and O–H groups in total. The lowest BCUT2D eigenvalue weighted by Crippen LogP contribution is -2.48. The molecular weight excluding hydrogens is 360 g/mol. The SMILES string of the molecule is Cc1nn(-c2ccc(C(=O)NN3CCCCC3=O)cc2)c(C)c1CCC(=O)O. The molecule has 1 fully saturated rings. The van der Waals surface area contributed by atoms with E-state index in [1.54, 1.807) is 28.9 Å². The Labute approximate surface area is 163 Å². The quantitative estimate of drug-likeness (QED) is 0.794. The van der Waals surface area contributed by atoms with Crippen molar-refractivity contribution in [2.24, 2.45) is 0 Å². The van der Waals surface area contributed by atoms with Crippen molar-refractivity contribution in [1.82, 2.24) is 20.2 Å². The monoisotopic (exact) mass is 384 g/mol. The van der Waals surface area contributed by atoms with Gasteiger partial charge in [-0.25, -0.2) is 4.68 Å². The minimum absolute atomic E-state index is 0.0572. The molecule has 28 heavy (non-hydrogen) atoms. The van der Waals surface area contributed by atoms with Crippen molar-refractivity contribution in [3.8, 4) is 5.69 Å². The van der Waals surface area contributed by atoms with Gasteiger partial charge in [-0.15, -0.1) is 0 Å². The van der Waals surface area contributed by atoms with Crippen LogP contribution in [0.25, 0.3) is 5.69 Å². The van der Waals surface area contributed by atoms with Crippen molar-refractivity contribution < 1.29 is 19.5 Å². The van der Waals surface area contributed by atoms with Gasteiger partial charge >= 0.3 is 5.97 Å². The number of amides is 2. The van der Waals surface area contributed by atoms with Crippen molar-refractivity contribution in [3.05, 3.63) is 46.8 Å². The van der Waals surface area contributed by atoms with E-state index in [1.807, 2.05) is 13.8 Å². The van der Waals surface area contributed by atoms with Crippen LogP contribution in [0.3, 0.4) is 0 Å². The summed E-state index contributed by atoms with van der Waals surface area (Å²) >= 11 is 0. The van der Waals surface area contributed by atoms with E-state index in [4.69, 9.17) is 5.11 Å². The molecule has 2 heterocycles. The van der Waals surface area contributed by atoms with Gasteiger partial charge in [0.25, 0.3) is 5.91 Å². The molecule has 8 heteroatoms. The lowest BCUT2D eigenvalue weighted by molar-refractivity contribution is -0.137. The van der Waals surface area contributed by atoms with Crippen molar-refractivity contribution in [3.63, 3.8) is 0 Å². The number of carbonyl (C=O) groups excluding carboxylic acids is 2. The highest BCUT2D eigenvalue weighted by atomic mass is 16.4. The van der Waals surface area contributed by atoms with E-state index in [0.29, 0.717) is 24.9 Å². The van der Waals surface area contributed by atoms with Gasteiger partial charge in [-0.3, -0.25) is 24.8 Å². The molecule has 0 spiro atoms. The smallest absolute Gasteiger partial charge is 0.303 e. The van der Waals surface area contributed by atoms with Crippen molar-refractivity contribution in [1.29, 1.82) is 0 Å². The maximum atomic E-state index is 12.4. The molecule has 0 saturated carbocycles. The summed E-state index contributed by atoms with van der Waals surface area (Å²) in [4.78, 5) is 35.1. The fourth-order valence-corrected chi connectivity index (χ4v) is 3.39. The summed E-state index contributed by atoms with van der Waals surface area (Å²) in [6.45, 7) is 4.30. The van der Waals surface area contributed by atoms with Crippen molar-refractivity contribution in [2.45, 2.75) is 46.0 Å². The number of rotatable bonds is 6. The van der Waals surface area contributed by atoms with Crippen molar-refractivity contribution in [2.75, 3.05) is 6.54 Å². The zero-order valence-electron chi connectivity index (χ0n) is 16.1. The highest BCUT2D eigenvalue weighted by molar-refractivity contribution is 5.95. The van der Waals surface area contributed by atoms with Crippen LogP contribution in [-0.2, 0) is 16.0 Å². The Balaban J connectivity index is 1.73. The van der Waals surface area contributed by atoms with Gasteiger partial charge in [0.15, 0.2) is 0 Å². The zero-order valence-corrected chi connectivity index (χ0v) is 16.1. The maximum Gasteiger partial charge on any atom is 0.303 e. The molecule has 1 aromatic heterocycles. The van der Waals surface area contributed by atoms with Gasteiger partial charge in [-0.1, -0.05) is 0 Å². The van der Waals surface area contributed by atoms with Gasteiger partial charge < -0.3 is 5.11 Å². The normalized spacial score (nSPS) is 14.2. The average Bonchev–Trinajstić information content (AvgIpc) is 2.95. The molecule has 1 saturated heterocycles. The summed E-state index contributed by atoms with van der Waals surface area (Å²) in [5.41, 5.74) is 6.50. The summed E-state index contributed by atoms with van der Waals surface area (Å²) in [7, 11) is 0. The highest BCUT2D eigenvalue weighted by Gasteiger charge is 2.20. The first-order chi connectivity index (χ1) is 13.4. The van der Waals surface area contributed by atoms with Gasteiger partial charge in [0.1, 0.15) is 0 Å². The third-order valence-electron chi connectivity index (χ3n) is 4.96. The summed E-state index contributed by atoms with van der Waals surface area (Å²) in [5, 5.41) is 14.8. The van der Waals surface area contributed by atoms with Crippen LogP contribution >= 0.6 is 0 Å². The van der Waals surface area contributed by atoms with Crippen LogP contribution in [0, 0.1) is 13.8 Å². The number of piperidine rings is 1. The predicted octanol–water partition coefficient (Wildman–Crippen LogP) is 2.16. The van der Waals surface area contributed by atoms with Gasteiger partial charge in [0, 0.05) is 30.6 Å². The Kier molecular flexibility index (Phi) is 5.77. The number of carboxylic acids is 1. The highest BCUT2D eigenvalue weighted by Crippen LogP contribution is 2.20. The Morgan fingerprint density at radius 1 is 1.18 bits per heavy atom. The number of carbonyl (C=O) groups is 3. The first kappa shape index (κ1) is 19.6. The number of benzene rings is 1. The topological polar surface area (TPSA) is 105 Å². The molecule has 0 aliphatic carbocycles. The number of aryl methyl sites for hydroxylation is 1. The minimum Gasteiger partial charge on any atom is -0.481 e. The van der Waals surface area contributed by atoms with Crippen LogP contribution in [0.5, 0.6) is 0 Å². The first-order valence-corrected chi connectivity index (χ1v) is 9.35. The second-order valence-electron chi connectivity index (χ2n) is 6.95. The van der Waals surface area contributed by atoms with Crippen molar-refractivity contribution >= 4 is 17.8 Å². The molecule has 8 nitrogen and oxygen atoms in total. The van der Waals surface area contributed by atoms with E-state index in [2.05, 4.69) is 10.5 Å². The number of carboxylic acid groups (broad SMARTS) is 1. The average molecular weight is 384 g/mol. The van der Waals surface area contributed by atoms with Crippen LogP contribution in [0.1, 0.15) is 53.0 Å². The van der Waals surface area contributed by atoms with Crippen LogP contribution in [0.2, 0.25) is 0 Å². The maximum absolute atomic E-state index is 12.4. The third kappa shape index (κ3) is 4.21.